The Morgan fingerprint density at radius 2 is 1.68 bits per heavy atom. The van der Waals surface area contributed by atoms with Crippen molar-refractivity contribution in [1.29, 1.82) is 0 Å². The van der Waals surface area contributed by atoms with E-state index in [2.05, 4.69) is 15.1 Å². The number of anilines is 1. The summed E-state index contributed by atoms with van der Waals surface area (Å²) in [6.45, 7) is 3.61. The smallest absolute Gasteiger partial charge is 0.221 e. The Bertz CT molecular complexity index is 1210. The van der Waals surface area contributed by atoms with E-state index in [4.69, 9.17) is 0 Å². The summed E-state index contributed by atoms with van der Waals surface area (Å²) in [5, 5.41) is 7.20. The molecule has 2 aliphatic rings. The zero-order valence-corrected chi connectivity index (χ0v) is 20.1. The molecular weight excluding hydrogens is 453 g/mol. The number of rotatable bonds is 5. The summed E-state index contributed by atoms with van der Waals surface area (Å²) in [4.78, 5) is 2.06. The second-order valence-electron chi connectivity index (χ2n) is 9.33. The molecule has 2 saturated heterocycles. The number of benzene rings is 2. The minimum absolute atomic E-state index is 0.121. The van der Waals surface area contributed by atoms with Crippen molar-refractivity contribution in [2.75, 3.05) is 18.0 Å². The van der Waals surface area contributed by atoms with Gasteiger partial charge in [0.15, 0.2) is 0 Å². The van der Waals surface area contributed by atoms with E-state index in [-0.39, 0.29) is 18.4 Å². The average Bonchev–Trinajstić information content (AvgIpc) is 3.38. The van der Waals surface area contributed by atoms with Crippen molar-refractivity contribution in [2.45, 2.75) is 56.5 Å². The number of aromatic nitrogens is 3. The molecule has 0 amide bonds. The summed E-state index contributed by atoms with van der Waals surface area (Å²) < 4.78 is 45.7. The molecule has 34 heavy (non-hydrogen) atoms. The van der Waals surface area contributed by atoms with Crippen LogP contribution in [0.15, 0.2) is 61.2 Å². The van der Waals surface area contributed by atoms with E-state index in [0.717, 1.165) is 37.9 Å². The third-order valence-corrected chi connectivity index (χ3v) is 9.58. The first-order valence-corrected chi connectivity index (χ1v) is 13.4. The summed E-state index contributed by atoms with van der Waals surface area (Å²) in [6.07, 6.45) is 6.62. The first-order chi connectivity index (χ1) is 16.4. The SMILES string of the molecule is CC1CCC(c2ccccc2)S(=O)(=O)N1Cc1ccc(N2CCC(n3cnnc3)CC2)c(F)c1. The van der Waals surface area contributed by atoms with Gasteiger partial charge in [0.25, 0.3) is 0 Å². The summed E-state index contributed by atoms with van der Waals surface area (Å²) in [5.74, 6) is -0.304. The maximum absolute atomic E-state index is 15.2. The molecular formula is C25H30FN5O2S. The zero-order valence-electron chi connectivity index (χ0n) is 19.3. The van der Waals surface area contributed by atoms with Gasteiger partial charge in [-0.15, -0.1) is 10.2 Å². The molecule has 5 rings (SSSR count). The summed E-state index contributed by atoms with van der Waals surface area (Å²) in [6, 6.07) is 14.7. The monoisotopic (exact) mass is 483 g/mol. The van der Waals surface area contributed by atoms with Crippen LogP contribution in [0.4, 0.5) is 10.1 Å². The molecule has 0 radical (unpaired) electrons. The van der Waals surface area contributed by atoms with Gasteiger partial charge in [-0.1, -0.05) is 36.4 Å². The lowest BCUT2D eigenvalue weighted by molar-refractivity contribution is 0.281. The number of sulfonamides is 1. The summed E-state index contributed by atoms with van der Waals surface area (Å²) >= 11 is 0. The largest absolute Gasteiger partial charge is 0.369 e. The molecule has 3 aromatic rings. The van der Waals surface area contributed by atoms with Crippen LogP contribution in [0, 0.1) is 5.82 Å². The van der Waals surface area contributed by atoms with Crippen LogP contribution in [0.3, 0.4) is 0 Å². The summed E-state index contributed by atoms with van der Waals surface area (Å²) in [5.41, 5.74) is 2.06. The van der Waals surface area contributed by atoms with Gasteiger partial charge in [0.2, 0.25) is 10.0 Å². The van der Waals surface area contributed by atoms with Gasteiger partial charge >= 0.3 is 0 Å². The van der Waals surface area contributed by atoms with E-state index in [1.165, 1.54) is 6.07 Å². The number of piperidine rings is 1. The molecule has 2 unspecified atom stereocenters. The van der Waals surface area contributed by atoms with Gasteiger partial charge in [-0.3, -0.25) is 0 Å². The van der Waals surface area contributed by atoms with Crippen LogP contribution in [-0.2, 0) is 16.6 Å². The van der Waals surface area contributed by atoms with Crippen molar-refractivity contribution in [3.8, 4) is 0 Å². The Morgan fingerprint density at radius 1 is 0.971 bits per heavy atom. The molecule has 2 aliphatic heterocycles. The quantitative estimate of drug-likeness (QED) is 0.541. The molecule has 0 saturated carbocycles. The lowest BCUT2D eigenvalue weighted by Crippen LogP contribution is -2.44. The number of hydrogen-bond acceptors (Lipinski definition) is 5. The van der Waals surface area contributed by atoms with Gasteiger partial charge in [0.05, 0.1) is 5.69 Å². The molecule has 3 heterocycles. The molecule has 0 bridgehead atoms. The van der Waals surface area contributed by atoms with Crippen LogP contribution in [0.1, 0.15) is 55.0 Å². The lowest BCUT2D eigenvalue weighted by Gasteiger charge is -2.37. The van der Waals surface area contributed by atoms with Crippen molar-refractivity contribution in [3.05, 3.63) is 78.1 Å². The fraction of sp³-hybridized carbons (Fsp3) is 0.440. The van der Waals surface area contributed by atoms with Crippen molar-refractivity contribution in [3.63, 3.8) is 0 Å². The van der Waals surface area contributed by atoms with Crippen molar-refractivity contribution in [2.24, 2.45) is 0 Å². The molecule has 0 spiro atoms. The predicted octanol–water partition coefficient (Wildman–Crippen LogP) is 4.31. The predicted molar refractivity (Wildman–Crippen MR) is 129 cm³/mol. The van der Waals surface area contributed by atoms with Gasteiger partial charge < -0.3 is 9.47 Å². The van der Waals surface area contributed by atoms with Crippen LogP contribution in [0.2, 0.25) is 0 Å². The topological polar surface area (TPSA) is 71.3 Å². The molecule has 0 aliphatic carbocycles. The van der Waals surface area contributed by atoms with E-state index >= 15 is 4.39 Å². The Labute approximate surface area is 200 Å². The Balaban J connectivity index is 1.30. The Kier molecular flexibility index (Phi) is 6.40. The second-order valence-corrected chi connectivity index (χ2v) is 11.4. The van der Waals surface area contributed by atoms with Crippen LogP contribution in [0.5, 0.6) is 0 Å². The van der Waals surface area contributed by atoms with E-state index in [9.17, 15) is 8.42 Å². The maximum atomic E-state index is 15.2. The summed E-state index contributed by atoms with van der Waals surface area (Å²) in [7, 11) is -3.55. The highest BCUT2D eigenvalue weighted by atomic mass is 32.2. The second kappa shape index (κ2) is 9.46. The van der Waals surface area contributed by atoms with Crippen LogP contribution in [0.25, 0.3) is 0 Å². The van der Waals surface area contributed by atoms with E-state index in [1.54, 1.807) is 23.0 Å². The van der Waals surface area contributed by atoms with Crippen molar-refractivity contribution in [1.82, 2.24) is 19.1 Å². The van der Waals surface area contributed by atoms with E-state index < -0.39 is 15.3 Å². The average molecular weight is 484 g/mol. The van der Waals surface area contributed by atoms with E-state index in [1.807, 2.05) is 47.9 Å². The minimum atomic E-state index is -3.55. The van der Waals surface area contributed by atoms with E-state index in [0.29, 0.717) is 23.7 Å². The standard InChI is InChI=1S/C25H30FN5O2S/c1-19-7-10-25(21-5-3-2-4-6-21)34(32,33)31(19)16-20-8-9-24(23(26)15-20)29-13-11-22(12-14-29)30-17-27-28-18-30/h2-6,8-9,15,17-19,22,25H,7,10-14,16H2,1H3. The highest BCUT2D eigenvalue weighted by molar-refractivity contribution is 7.89. The number of nitrogens with zero attached hydrogens (tertiary/aromatic N) is 5. The number of halogens is 1. The highest BCUT2D eigenvalue weighted by Gasteiger charge is 2.40. The highest BCUT2D eigenvalue weighted by Crippen LogP contribution is 2.38. The van der Waals surface area contributed by atoms with Crippen LogP contribution < -0.4 is 4.90 Å². The molecule has 9 heteroatoms. The zero-order chi connectivity index (χ0) is 23.7. The van der Waals surface area contributed by atoms with Crippen molar-refractivity contribution < 1.29 is 12.8 Å². The molecule has 1 aromatic heterocycles. The molecule has 2 atom stereocenters. The van der Waals surface area contributed by atoms with Gasteiger partial charge in [-0.2, -0.15) is 4.31 Å². The fourth-order valence-corrected chi connectivity index (χ4v) is 7.44. The maximum Gasteiger partial charge on any atom is 0.221 e. The third kappa shape index (κ3) is 4.46. The molecule has 2 fully saturated rings. The fourth-order valence-electron chi connectivity index (χ4n) is 5.24. The minimum Gasteiger partial charge on any atom is -0.369 e. The van der Waals surface area contributed by atoms with Crippen LogP contribution >= 0.6 is 0 Å². The Hall–Kier alpha value is -2.78. The van der Waals surface area contributed by atoms with Gasteiger partial charge in [-0.05, 0) is 55.9 Å². The number of hydrogen-bond donors (Lipinski definition) is 0. The van der Waals surface area contributed by atoms with Crippen LogP contribution in [-0.4, -0.2) is 46.6 Å². The third-order valence-electron chi connectivity index (χ3n) is 7.21. The first kappa shape index (κ1) is 23.0. The van der Waals surface area contributed by atoms with Crippen molar-refractivity contribution >= 4 is 15.7 Å². The molecule has 2 aromatic carbocycles. The molecule has 7 nitrogen and oxygen atoms in total. The van der Waals surface area contributed by atoms with Gasteiger partial charge in [0.1, 0.15) is 23.7 Å². The van der Waals surface area contributed by atoms with Gasteiger partial charge in [0, 0.05) is 31.7 Å². The first-order valence-electron chi connectivity index (χ1n) is 11.9. The Morgan fingerprint density at radius 3 is 2.35 bits per heavy atom. The molecule has 0 N–H and O–H groups in total. The molecule has 180 valence electrons. The normalized spacial score (nSPS) is 23.8. The lowest BCUT2D eigenvalue weighted by atomic mass is 10.0. The van der Waals surface area contributed by atoms with Gasteiger partial charge in [-0.25, -0.2) is 12.8 Å².